The van der Waals surface area contributed by atoms with Gasteiger partial charge in [-0.05, 0) is 31.0 Å². The van der Waals surface area contributed by atoms with Crippen molar-refractivity contribution >= 4 is 0 Å². The Balaban J connectivity index is 2.67. The number of aryl methyl sites for hydroxylation is 1. The number of hydrogen-bond acceptors (Lipinski definition) is 2. The third kappa shape index (κ3) is 0.876. The average molecular weight is 164 g/mol. The first-order chi connectivity index (χ1) is 5.70. The Labute approximate surface area is 71.8 Å². The van der Waals surface area contributed by atoms with Gasteiger partial charge in [0.1, 0.15) is 11.5 Å². The standard InChI is InChI=1S/C10H12O2/c1-6-5-9-8(3-4-12-9)7(2)10(6)11/h5,11H,3-4H2,1-2H3. The number of hydrogen-bond donors (Lipinski definition) is 1. The Bertz CT molecular complexity index is 329. The SMILES string of the molecule is Cc1cc2c(c(C)c1O)CCO2. The van der Waals surface area contributed by atoms with Crippen molar-refractivity contribution in [1.29, 1.82) is 0 Å². The molecule has 0 aliphatic carbocycles. The molecule has 0 spiro atoms. The van der Waals surface area contributed by atoms with Crippen LogP contribution in [-0.4, -0.2) is 11.7 Å². The molecule has 2 nitrogen and oxygen atoms in total. The number of rotatable bonds is 0. The minimum atomic E-state index is 0.416. The number of benzene rings is 1. The zero-order valence-corrected chi connectivity index (χ0v) is 7.35. The van der Waals surface area contributed by atoms with Crippen molar-refractivity contribution in [3.63, 3.8) is 0 Å². The zero-order chi connectivity index (χ0) is 8.72. The predicted molar refractivity (Wildman–Crippen MR) is 46.8 cm³/mol. The van der Waals surface area contributed by atoms with Gasteiger partial charge in [0.2, 0.25) is 0 Å². The summed E-state index contributed by atoms with van der Waals surface area (Å²) in [5.74, 6) is 1.36. The molecule has 0 amide bonds. The Kier molecular flexibility index (Phi) is 1.50. The van der Waals surface area contributed by atoms with E-state index in [0.717, 1.165) is 35.5 Å². The zero-order valence-electron chi connectivity index (χ0n) is 7.35. The van der Waals surface area contributed by atoms with Crippen LogP contribution >= 0.6 is 0 Å². The van der Waals surface area contributed by atoms with Crippen LogP contribution in [0.3, 0.4) is 0 Å². The molecule has 1 aromatic rings. The molecular weight excluding hydrogens is 152 g/mol. The molecule has 2 heteroatoms. The fraction of sp³-hybridized carbons (Fsp3) is 0.400. The van der Waals surface area contributed by atoms with Crippen molar-refractivity contribution in [3.05, 3.63) is 22.8 Å². The van der Waals surface area contributed by atoms with Gasteiger partial charge in [0, 0.05) is 12.0 Å². The van der Waals surface area contributed by atoms with E-state index in [1.807, 2.05) is 19.9 Å². The first kappa shape index (κ1) is 7.47. The Morgan fingerprint density at radius 2 is 2.17 bits per heavy atom. The molecule has 1 aliphatic heterocycles. The highest BCUT2D eigenvalue weighted by molar-refractivity contribution is 5.53. The fourth-order valence-electron chi connectivity index (χ4n) is 1.68. The smallest absolute Gasteiger partial charge is 0.123 e. The van der Waals surface area contributed by atoms with E-state index in [0.29, 0.717) is 5.75 Å². The number of phenols is 1. The Hall–Kier alpha value is -1.18. The molecule has 12 heavy (non-hydrogen) atoms. The molecule has 1 aliphatic rings. The molecule has 0 radical (unpaired) electrons. The summed E-state index contributed by atoms with van der Waals surface area (Å²) in [6, 6.07) is 1.91. The van der Waals surface area contributed by atoms with Crippen LogP contribution < -0.4 is 4.74 Å². The second-order valence-corrected chi connectivity index (χ2v) is 3.24. The molecule has 0 saturated heterocycles. The van der Waals surface area contributed by atoms with Crippen molar-refractivity contribution in [2.45, 2.75) is 20.3 Å². The summed E-state index contributed by atoms with van der Waals surface area (Å²) in [6.45, 7) is 4.58. The minimum Gasteiger partial charge on any atom is -0.507 e. The molecule has 0 aromatic heterocycles. The number of phenolic OH excluding ortho intramolecular Hbond substituents is 1. The van der Waals surface area contributed by atoms with Crippen molar-refractivity contribution in [2.75, 3.05) is 6.61 Å². The van der Waals surface area contributed by atoms with Gasteiger partial charge < -0.3 is 9.84 Å². The first-order valence-corrected chi connectivity index (χ1v) is 4.15. The molecule has 0 bridgehead atoms. The van der Waals surface area contributed by atoms with Gasteiger partial charge >= 0.3 is 0 Å². The summed E-state index contributed by atoms with van der Waals surface area (Å²) < 4.78 is 5.40. The highest BCUT2D eigenvalue weighted by Crippen LogP contribution is 2.35. The largest absolute Gasteiger partial charge is 0.507 e. The number of fused-ring (bicyclic) bond motifs is 1. The van der Waals surface area contributed by atoms with E-state index in [1.165, 1.54) is 0 Å². The molecule has 1 N–H and O–H groups in total. The summed E-state index contributed by atoms with van der Waals surface area (Å²) in [5.41, 5.74) is 3.04. The van der Waals surface area contributed by atoms with Gasteiger partial charge in [-0.25, -0.2) is 0 Å². The lowest BCUT2D eigenvalue weighted by molar-refractivity contribution is 0.356. The quantitative estimate of drug-likeness (QED) is 0.635. The van der Waals surface area contributed by atoms with E-state index in [2.05, 4.69) is 0 Å². The minimum absolute atomic E-state index is 0.416. The summed E-state index contributed by atoms with van der Waals surface area (Å²) in [5, 5.41) is 9.61. The van der Waals surface area contributed by atoms with Crippen molar-refractivity contribution in [2.24, 2.45) is 0 Å². The molecule has 1 aromatic carbocycles. The third-order valence-electron chi connectivity index (χ3n) is 2.44. The van der Waals surface area contributed by atoms with E-state index in [4.69, 9.17) is 4.74 Å². The molecular formula is C10H12O2. The monoisotopic (exact) mass is 164 g/mol. The van der Waals surface area contributed by atoms with Crippen LogP contribution in [0.1, 0.15) is 16.7 Å². The predicted octanol–water partition coefficient (Wildman–Crippen LogP) is 1.94. The lowest BCUT2D eigenvalue weighted by atomic mass is 10.0. The van der Waals surface area contributed by atoms with Gasteiger partial charge in [0.05, 0.1) is 6.61 Å². The van der Waals surface area contributed by atoms with Crippen molar-refractivity contribution < 1.29 is 9.84 Å². The molecule has 0 saturated carbocycles. The summed E-state index contributed by atoms with van der Waals surface area (Å²) >= 11 is 0. The van der Waals surface area contributed by atoms with Crippen LogP contribution in [0.4, 0.5) is 0 Å². The molecule has 2 rings (SSSR count). The highest BCUT2D eigenvalue weighted by atomic mass is 16.5. The summed E-state index contributed by atoms with van der Waals surface area (Å²) in [4.78, 5) is 0. The van der Waals surface area contributed by atoms with Gasteiger partial charge in [0.15, 0.2) is 0 Å². The molecule has 0 unspecified atom stereocenters. The van der Waals surface area contributed by atoms with Crippen LogP contribution in [0.15, 0.2) is 6.07 Å². The topological polar surface area (TPSA) is 29.5 Å². The Morgan fingerprint density at radius 1 is 1.42 bits per heavy atom. The van der Waals surface area contributed by atoms with Gasteiger partial charge in [-0.15, -0.1) is 0 Å². The van der Waals surface area contributed by atoms with E-state index in [-0.39, 0.29) is 0 Å². The van der Waals surface area contributed by atoms with E-state index < -0.39 is 0 Å². The van der Waals surface area contributed by atoms with Gasteiger partial charge in [-0.1, -0.05) is 0 Å². The van der Waals surface area contributed by atoms with Crippen LogP contribution in [0, 0.1) is 13.8 Å². The first-order valence-electron chi connectivity index (χ1n) is 4.15. The lowest BCUT2D eigenvalue weighted by Gasteiger charge is -2.07. The summed E-state index contributed by atoms with van der Waals surface area (Å²) in [7, 11) is 0. The fourth-order valence-corrected chi connectivity index (χ4v) is 1.68. The Morgan fingerprint density at radius 3 is 2.92 bits per heavy atom. The normalized spacial score (nSPS) is 14.2. The number of ether oxygens (including phenoxy) is 1. The molecule has 64 valence electrons. The van der Waals surface area contributed by atoms with Crippen LogP contribution in [-0.2, 0) is 6.42 Å². The second kappa shape index (κ2) is 2.41. The molecule has 1 heterocycles. The third-order valence-corrected chi connectivity index (χ3v) is 2.44. The van der Waals surface area contributed by atoms with Crippen LogP contribution in [0.5, 0.6) is 11.5 Å². The molecule has 0 atom stereocenters. The van der Waals surface area contributed by atoms with Gasteiger partial charge in [-0.2, -0.15) is 0 Å². The van der Waals surface area contributed by atoms with Crippen molar-refractivity contribution in [3.8, 4) is 11.5 Å². The maximum absolute atomic E-state index is 9.61. The van der Waals surface area contributed by atoms with E-state index in [9.17, 15) is 5.11 Å². The van der Waals surface area contributed by atoms with Crippen LogP contribution in [0.2, 0.25) is 0 Å². The molecule has 0 fully saturated rings. The summed E-state index contributed by atoms with van der Waals surface area (Å²) in [6.07, 6.45) is 0.926. The average Bonchev–Trinajstić information content (AvgIpc) is 2.48. The van der Waals surface area contributed by atoms with Crippen molar-refractivity contribution in [1.82, 2.24) is 0 Å². The number of aromatic hydroxyl groups is 1. The van der Waals surface area contributed by atoms with Gasteiger partial charge in [0.25, 0.3) is 0 Å². The maximum atomic E-state index is 9.61. The van der Waals surface area contributed by atoms with E-state index in [1.54, 1.807) is 0 Å². The van der Waals surface area contributed by atoms with Crippen LogP contribution in [0.25, 0.3) is 0 Å². The van der Waals surface area contributed by atoms with Gasteiger partial charge in [-0.3, -0.25) is 0 Å². The second-order valence-electron chi connectivity index (χ2n) is 3.24. The highest BCUT2D eigenvalue weighted by Gasteiger charge is 2.17. The van der Waals surface area contributed by atoms with E-state index >= 15 is 0 Å². The lowest BCUT2D eigenvalue weighted by Crippen LogP contribution is -1.87. The maximum Gasteiger partial charge on any atom is 0.123 e.